The molecular formula is C26H33N5O3. The van der Waals surface area contributed by atoms with Crippen LogP contribution in [0.25, 0.3) is 5.69 Å². The summed E-state index contributed by atoms with van der Waals surface area (Å²) in [6.45, 7) is 10.3. The van der Waals surface area contributed by atoms with E-state index in [1.807, 2.05) is 44.2 Å². The predicted molar refractivity (Wildman–Crippen MR) is 135 cm³/mol. The lowest BCUT2D eigenvalue weighted by atomic mass is 9.92. The summed E-state index contributed by atoms with van der Waals surface area (Å²) >= 11 is 0. The van der Waals surface area contributed by atoms with Crippen molar-refractivity contribution in [3.63, 3.8) is 0 Å². The van der Waals surface area contributed by atoms with Crippen LogP contribution in [0.15, 0.2) is 54.6 Å². The number of carbonyl (C=O) groups is 2. The SMILES string of the molecule is CCN(CC(=O)Nc1cc(C(C)(C)C)nn1-c1cccc(C)c1)C(=O)Nc1cccc(OC)c1. The number of nitrogens with zero attached hydrogens (tertiary/aromatic N) is 3. The monoisotopic (exact) mass is 463 g/mol. The first-order chi connectivity index (χ1) is 16.1. The van der Waals surface area contributed by atoms with Crippen LogP contribution in [0.1, 0.15) is 39.0 Å². The number of methoxy groups -OCH3 is 1. The van der Waals surface area contributed by atoms with Gasteiger partial charge in [0.15, 0.2) is 0 Å². The zero-order valence-corrected chi connectivity index (χ0v) is 20.7. The standard InChI is InChI=1S/C26H33N5O3/c1-7-30(25(33)27-19-11-9-13-21(15-19)34-6)17-24(32)28-23-16-22(26(3,4)5)29-31(23)20-12-8-10-18(2)14-20/h8-16H,7,17H2,1-6H3,(H,27,33)(H,28,32). The van der Waals surface area contributed by atoms with Gasteiger partial charge in [-0.25, -0.2) is 9.48 Å². The normalized spacial score (nSPS) is 11.1. The molecule has 0 radical (unpaired) electrons. The summed E-state index contributed by atoms with van der Waals surface area (Å²) in [5.41, 5.74) is 3.20. The van der Waals surface area contributed by atoms with E-state index in [2.05, 4.69) is 31.4 Å². The molecule has 0 saturated heterocycles. The molecule has 0 saturated carbocycles. The maximum absolute atomic E-state index is 13.0. The molecule has 0 unspecified atom stereocenters. The maximum Gasteiger partial charge on any atom is 0.322 e. The van der Waals surface area contributed by atoms with Gasteiger partial charge in [0.25, 0.3) is 0 Å². The molecule has 2 aromatic carbocycles. The molecule has 8 nitrogen and oxygen atoms in total. The van der Waals surface area contributed by atoms with Crippen molar-refractivity contribution < 1.29 is 14.3 Å². The summed E-state index contributed by atoms with van der Waals surface area (Å²) < 4.78 is 6.93. The van der Waals surface area contributed by atoms with Gasteiger partial charge < -0.3 is 20.3 Å². The molecule has 0 bridgehead atoms. The lowest BCUT2D eigenvalue weighted by Gasteiger charge is -2.21. The molecule has 1 aromatic heterocycles. The Kier molecular flexibility index (Phi) is 7.61. The van der Waals surface area contributed by atoms with E-state index in [4.69, 9.17) is 9.84 Å². The summed E-state index contributed by atoms with van der Waals surface area (Å²) in [6.07, 6.45) is 0. The number of amides is 3. The van der Waals surface area contributed by atoms with Gasteiger partial charge in [-0.05, 0) is 43.7 Å². The molecule has 3 rings (SSSR count). The fraction of sp³-hybridized carbons (Fsp3) is 0.346. The molecule has 0 aliphatic carbocycles. The predicted octanol–water partition coefficient (Wildman–Crippen LogP) is 4.98. The highest BCUT2D eigenvalue weighted by atomic mass is 16.5. The Balaban J connectivity index is 1.77. The van der Waals surface area contributed by atoms with Crippen LogP contribution in [0.5, 0.6) is 5.75 Å². The van der Waals surface area contributed by atoms with Crippen molar-refractivity contribution >= 4 is 23.4 Å². The number of hydrogen-bond donors (Lipinski definition) is 2. The van der Waals surface area contributed by atoms with E-state index in [9.17, 15) is 9.59 Å². The number of hydrogen-bond acceptors (Lipinski definition) is 4. The van der Waals surface area contributed by atoms with E-state index in [0.717, 1.165) is 16.9 Å². The Labute approximate surface area is 200 Å². The number of aromatic nitrogens is 2. The minimum atomic E-state index is -0.367. The van der Waals surface area contributed by atoms with Crippen LogP contribution in [0.2, 0.25) is 0 Å². The van der Waals surface area contributed by atoms with Crippen LogP contribution in [-0.4, -0.2) is 46.8 Å². The van der Waals surface area contributed by atoms with Crippen molar-refractivity contribution in [2.24, 2.45) is 0 Å². The van der Waals surface area contributed by atoms with Gasteiger partial charge in [0.1, 0.15) is 18.1 Å². The van der Waals surface area contributed by atoms with Gasteiger partial charge >= 0.3 is 6.03 Å². The molecule has 0 spiro atoms. The Morgan fingerprint density at radius 3 is 2.44 bits per heavy atom. The molecule has 0 aliphatic rings. The second-order valence-electron chi connectivity index (χ2n) is 9.14. The van der Waals surface area contributed by atoms with Crippen molar-refractivity contribution in [2.45, 2.75) is 40.0 Å². The third-order valence-corrected chi connectivity index (χ3v) is 5.32. The fourth-order valence-electron chi connectivity index (χ4n) is 3.38. The van der Waals surface area contributed by atoms with Crippen LogP contribution >= 0.6 is 0 Å². The Morgan fingerprint density at radius 1 is 1.06 bits per heavy atom. The molecule has 180 valence electrons. The van der Waals surface area contributed by atoms with Crippen LogP contribution in [0.4, 0.5) is 16.3 Å². The highest BCUT2D eigenvalue weighted by Gasteiger charge is 2.23. The highest BCUT2D eigenvalue weighted by molar-refractivity contribution is 5.96. The van der Waals surface area contributed by atoms with Crippen LogP contribution in [0.3, 0.4) is 0 Å². The maximum atomic E-state index is 13.0. The number of nitrogens with one attached hydrogen (secondary N) is 2. The first-order valence-electron chi connectivity index (χ1n) is 11.3. The van der Waals surface area contributed by atoms with Crippen molar-refractivity contribution in [1.29, 1.82) is 0 Å². The molecule has 0 fully saturated rings. The largest absolute Gasteiger partial charge is 0.497 e. The topological polar surface area (TPSA) is 88.5 Å². The summed E-state index contributed by atoms with van der Waals surface area (Å²) in [5.74, 6) is 0.888. The zero-order valence-electron chi connectivity index (χ0n) is 20.7. The Morgan fingerprint density at radius 2 is 1.79 bits per heavy atom. The van der Waals surface area contributed by atoms with Crippen molar-refractivity contribution in [2.75, 3.05) is 30.8 Å². The van der Waals surface area contributed by atoms with Crippen LogP contribution in [-0.2, 0) is 10.2 Å². The van der Waals surface area contributed by atoms with Crippen molar-refractivity contribution in [1.82, 2.24) is 14.7 Å². The first-order valence-corrected chi connectivity index (χ1v) is 11.3. The summed E-state index contributed by atoms with van der Waals surface area (Å²) in [7, 11) is 1.57. The first kappa shape index (κ1) is 24.8. The van der Waals surface area contributed by atoms with Gasteiger partial charge in [-0.15, -0.1) is 0 Å². The molecule has 1 heterocycles. The van der Waals surface area contributed by atoms with E-state index >= 15 is 0 Å². The average Bonchev–Trinajstić information content (AvgIpc) is 3.21. The van der Waals surface area contributed by atoms with Gasteiger partial charge in [-0.1, -0.05) is 39.0 Å². The summed E-state index contributed by atoms with van der Waals surface area (Å²) in [6, 6.07) is 16.5. The molecule has 0 aliphatic heterocycles. The van der Waals surface area contributed by atoms with Gasteiger partial charge in [0.2, 0.25) is 5.91 Å². The number of benzene rings is 2. The number of carbonyl (C=O) groups excluding carboxylic acids is 2. The van der Waals surface area contributed by atoms with Gasteiger partial charge in [0.05, 0.1) is 18.5 Å². The molecule has 2 N–H and O–H groups in total. The van der Waals surface area contributed by atoms with Crippen molar-refractivity contribution in [3.8, 4) is 11.4 Å². The second-order valence-corrected chi connectivity index (χ2v) is 9.14. The van der Waals surface area contributed by atoms with E-state index < -0.39 is 0 Å². The number of anilines is 2. The van der Waals surface area contributed by atoms with Gasteiger partial charge in [0, 0.05) is 29.8 Å². The third kappa shape index (κ3) is 6.15. The lowest BCUT2D eigenvalue weighted by Crippen LogP contribution is -2.40. The Bertz CT molecular complexity index is 1160. The number of ether oxygens (including phenoxy) is 1. The molecule has 3 amide bonds. The Hall–Kier alpha value is -3.81. The average molecular weight is 464 g/mol. The van der Waals surface area contributed by atoms with Crippen LogP contribution < -0.4 is 15.4 Å². The van der Waals surface area contributed by atoms with E-state index in [1.165, 1.54) is 4.90 Å². The molecule has 0 atom stereocenters. The third-order valence-electron chi connectivity index (χ3n) is 5.32. The minimum Gasteiger partial charge on any atom is -0.497 e. The second kappa shape index (κ2) is 10.4. The quantitative estimate of drug-likeness (QED) is 0.517. The summed E-state index contributed by atoms with van der Waals surface area (Å²) in [4.78, 5) is 27.2. The number of aryl methyl sites for hydroxylation is 1. The van der Waals surface area contributed by atoms with E-state index in [0.29, 0.717) is 23.8 Å². The van der Waals surface area contributed by atoms with Crippen molar-refractivity contribution in [3.05, 3.63) is 65.9 Å². The molecule has 34 heavy (non-hydrogen) atoms. The number of rotatable bonds is 7. The molecule has 3 aromatic rings. The minimum absolute atomic E-state index is 0.101. The van der Waals surface area contributed by atoms with Gasteiger partial charge in [-0.2, -0.15) is 5.10 Å². The molecular weight excluding hydrogens is 430 g/mol. The number of urea groups is 1. The highest BCUT2D eigenvalue weighted by Crippen LogP contribution is 2.26. The molecule has 8 heteroatoms. The van der Waals surface area contributed by atoms with E-state index in [1.54, 1.807) is 36.1 Å². The lowest BCUT2D eigenvalue weighted by molar-refractivity contribution is -0.116. The van der Waals surface area contributed by atoms with Gasteiger partial charge in [-0.3, -0.25) is 4.79 Å². The van der Waals surface area contributed by atoms with Crippen LogP contribution in [0, 0.1) is 6.92 Å². The zero-order chi connectivity index (χ0) is 24.9. The fourth-order valence-corrected chi connectivity index (χ4v) is 3.38. The smallest absolute Gasteiger partial charge is 0.322 e. The number of likely N-dealkylation sites (N-methyl/N-ethyl adjacent to an activating group) is 1. The van der Waals surface area contributed by atoms with E-state index in [-0.39, 0.29) is 23.9 Å². The summed E-state index contributed by atoms with van der Waals surface area (Å²) in [5, 5.41) is 10.5.